The minimum Gasteiger partial charge on any atom is -0.478 e. The van der Waals surface area contributed by atoms with Crippen LogP contribution in [0.4, 0.5) is 10.1 Å². The number of nitrogens with one attached hydrogen (secondary N) is 2. The van der Waals surface area contributed by atoms with Crippen LogP contribution in [0.5, 0.6) is 0 Å². The zero-order valence-corrected chi connectivity index (χ0v) is 13.3. The number of carboxylic acid groups (broad SMARTS) is 1. The van der Waals surface area contributed by atoms with Gasteiger partial charge in [-0.1, -0.05) is 12.1 Å². The van der Waals surface area contributed by atoms with Crippen LogP contribution < -0.4 is 4.72 Å². The van der Waals surface area contributed by atoms with Gasteiger partial charge in [-0.2, -0.15) is 0 Å². The second-order valence-electron chi connectivity index (χ2n) is 5.26. The number of fused-ring (bicyclic) bond motifs is 1. The van der Waals surface area contributed by atoms with Crippen LogP contribution >= 0.6 is 0 Å². The lowest BCUT2D eigenvalue weighted by Gasteiger charge is -2.09. The Morgan fingerprint density at radius 2 is 2.00 bits per heavy atom. The van der Waals surface area contributed by atoms with Crippen molar-refractivity contribution in [2.45, 2.75) is 11.8 Å². The molecule has 6 nitrogen and oxygen atoms in total. The Labute approximate surface area is 137 Å². The molecule has 0 unspecified atom stereocenters. The molecule has 0 saturated heterocycles. The number of carboxylic acids is 1. The number of benzene rings is 2. The van der Waals surface area contributed by atoms with Gasteiger partial charge >= 0.3 is 5.97 Å². The number of aromatic carboxylic acids is 1. The molecule has 0 bridgehead atoms. The van der Waals surface area contributed by atoms with Gasteiger partial charge in [-0.25, -0.2) is 17.6 Å². The number of aryl methyl sites for hydroxylation is 1. The van der Waals surface area contributed by atoms with E-state index in [0.29, 0.717) is 11.1 Å². The molecule has 3 aromatic rings. The monoisotopic (exact) mass is 348 g/mol. The van der Waals surface area contributed by atoms with E-state index in [2.05, 4.69) is 9.71 Å². The van der Waals surface area contributed by atoms with Crippen molar-refractivity contribution >= 4 is 32.6 Å². The van der Waals surface area contributed by atoms with Gasteiger partial charge in [-0.15, -0.1) is 0 Å². The first-order valence-corrected chi connectivity index (χ1v) is 8.40. The Balaban J connectivity index is 2.06. The highest BCUT2D eigenvalue weighted by molar-refractivity contribution is 7.93. The van der Waals surface area contributed by atoms with Crippen LogP contribution in [0.25, 0.3) is 10.9 Å². The Bertz CT molecular complexity index is 1060. The van der Waals surface area contributed by atoms with Crippen molar-refractivity contribution < 1.29 is 22.7 Å². The largest absolute Gasteiger partial charge is 0.478 e. The highest BCUT2D eigenvalue weighted by Crippen LogP contribution is 2.27. The van der Waals surface area contributed by atoms with Crippen LogP contribution in [0.15, 0.2) is 47.5 Å². The van der Waals surface area contributed by atoms with E-state index in [1.807, 2.05) is 0 Å². The van der Waals surface area contributed by atoms with Crippen molar-refractivity contribution in [3.8, 4) is 0 Å². The first-order chi connectivity index (χ1) is 11.3. The van der Waals surface area contributed by atoms with Crippen molar-refractivity contribution in [2.75, 3.05) is 4.72 Å². The van der Waals surface area contributed by atoms with Crippen LogP contribution in [0.3, 0.4) is 0 Å². The van der Waals surface area contributed by atoms with Gasteiger partial charge in [0.05, 0.1) is 10.9 Å². The summed E-state index contributed by atoms with van der Waals surface area (Å²) in [5.41, 5.74) is 0.929. The molecule has 1 heterocycles. The summed E-state index contributed by atoms with van der Waals surface area (Å²) < 4.78 is 41.4. The molecule has 0 aliphatic rings. The number of rotatable bonds is 4. The standard InChI is InChI=1S/C16H13FN2O4S/c1-9-5-6-10(7-11(9)16(20)21)19-24(22,23)14-8-18-13-4-2-3-12(17)15(13)14/h2-8,18-19H,1H3,(H,20,21). The van der Waals surface area contributed by atoms with Gasteiger partial charge in [0.2, 0.25) is 0 Å². The average Bonchev–Trinajstić information content (AvgIpc) is 2.95. The summed E-state index contributed by atoms with van der Waals surface area (Å²) in [7, 11) is -4.09. The molecule has 3 rings (SSSR count). The Morgan fingerprint density at radius 3 is 2.71 bits per heavy atom. The topological polar surface area (TPSA) is 99.3 Å². The fourth-order valence-corrected chi connectivity index (χ4v) is 3.69. The number of sulfonamides is 1. The Hall–Kier alpha value is -2.87. The minimum absolute atomic E-state index is 0.0136. The van der Waals surface area contributed by atoms with E-state index in [4.69, 9.17) is 5.11 Å². The molecule has 0 amide bonds. The minimum atomic E-state index is -4.09. The van der Waals surface area contributed by atoms with E-state index in [0.717, 1.165) is 0 Å². The quantitative estimate of drug-likeness (QED) is 0.674. The van der Waals surface area contributed by atoms with Crippen molar-refractivity contribution in [1.82, 2.24) is 4.98 Å². The summed E-state index contributed by atoms with van der Waals surface area (Å²) in [5.74, 6) is -1.82. The molecule has 3 N–H and O–H groups in total. The molecule has 0 radical (unpaired) electrons. The van der Waals surface area contributed by atoms with Gasteiger partial charge in [0.15, 0.2) is 0 Å². The molecule has 0 aliphatic carbocycles. The van der Waals surface area contributed by atoms with Crippen LogP contribution in [0, 0.1) is 12.7 Å². The zero-order chi connectivity index (χ0) is 17.5. The molecular weight excluding hydrogens is 335 g/mol. The van der Waals surface area contributed by atoms with Crippen LogP contribution in [0.2, 0.25) is 0 Å². The van der Waals surface area contributed by atoms with E-state index in [9.17, 15) is 17.6 Å². The van der Waals surface area contributed by atoms with E-state index in [1.54, 1.807) is 13.0 Å². The molecule has 0 spiro atoms. The van der Waals surface area contributed by atoms with E-state index in [-0.39, 0.29) is 21.5 Å². The number of halogens is 1. The predicted molar refractivity (Wildman–Crippen MR) is 87.2 cm³/mol. The van der Waals surface area contributed by atoms with Crippen molar-refractivity contribution in [1.29, 1.82) is 0 Å². The summed E-state index contributed by atoms with van der Waals surface area (Å²) in [6.45, 7) is 1.61. The lowest BCUT2D eigenvalue weighted by Crippen LogP contribution is -2.13. The van der Waals surface area contributed by atoms with Gasteiger partial charge < -0.3 is 10.1 Å². The Kier molecular flexibility index (Phi) is 3.76. The summed E-state index contributed by atoms with van der Waals surface area (Å²) in [6, 6.07) is 8.37. The molecule has 0 fully saturated rings. The summed E-state index contributed by atoms with van der Waals surface area (Å²) in [5, 5.41) is 9.07. The number of hydrogen-bond acceptors (Lipinski definition) is 3. The highest BCUT2D eigenvalue weighted by atomic mass is 32.2. The number of aromatic amines is 1. The second kappa shape index (κ2) is 5.64. The third-order valence-corrected chi connectivity index (χ3v) is 5.03. The normalized spacial score (nSPS) is 11.6. The van der Waals surface area contributed by atoms with Gasteiger partial charge in [-0.05, 0) is 36.8 Å². The molecule has 8 heteroatoms. The van der Waals surface area contributed by atoms with Crippen LogP contribution in [0.1, 0.15) is 15.9 Å². The number of carbonyl (C=O) groups is 1. The maximum atomic E-state index is 14.0. The summed E-state index contributed by atoms with van der Waals surface area (Å²) >= 11 is 0. The molecule has 24 heavy (non-hydrogen) atoms. The maximum Gasteiger partial charge on any atom is 0.336 e. The third-order valence-electron chi connectivity index (χ3n) is 3.63. The first-order valence-electron chi connectivity index (χ1n) is 6.92. The maximum absolute atomic E-state index is 14.0. The third kappa shape index (κ3) is 2.71. The highest BCUT2D eigenvalue weighted by Gasteiger charge is 2.22. The van der Waals surface area contributed by atoms with Crippen LogP contribution in [-0.2, 0) is 10.0 Å². The fraction of sp³-hybridized carbons (Fsp3) is 0.0625. The van der Waals surface area contributed by atoms with Gasteiger partial charge in [0.1, 0.15) is 10.7 Å². The van der Waals surface area contributed by atoms with Gasteiger partial charge in [-0.3, -0.25) is 4.72 Å². The molecule has 1 aromatic heterocycles. The van der Waals surface area contributed by atoms with Gasteiger partial charge in [0, 0.05) is 17.4 Å². The number of hydrogen-bond donors (Lipinski definition) is 3. The number of anilines is 1. The summed E-state index contributed by atoms with van der Waals surface area (Å²) in [6.07, 6.45) is 1.20. The molecule has 2 aromatic carbocycles. The van der Waals surface area contributed by atoms with Crippen LogP contribution in [-0.4, -0.2) is 24.5 Å². The number of H-pyrrole nitrogens is 1. The zero-order valence-electron chi connectivity index (χ0n) is 12.5. The van der Waals surface area contributed by atoms with Crippen molar-refractivity contribution in [2.24, 2.45) is 0 Å². The fourth-order valence-electron chi connectivity index (χ4n) is 2.45. The van der Waals surface area contributed by atoms with Crippen molar-refractivity contribution in [3.05, 3.63) is 59.5 Å². The van der Waals surface area contributed by atoms with E-state index >= 15 is 0 Å². The SMILES string of the molecule is Cc1ccc(NS(=O)(=O)c2c[nH]c3cccc(F)c23)cc1C(=O)O. The smallest absolute Gasteiger partial charge is 0.336 e. The molecule has 0 saturated carbocycles. The molecule has 124 valence electrons. The second-order valence-corrected chi connectivity index (χ2v) is 6.91. The molecular formula is C16H13FN2O4S. The lowest BCUT2D eigenvalue weighted by molar-refractivity contribution is 0.0696. The van der Waals surface area contributed by atoms with E-state index < -0.39 is 21.8 Å². The van der Waals surface area contributed by atoms with E-state index in [1.165, 1.54) is 36.5 Å². The number of aromatic nitrogens is 1. The first kappa shape index (κ1) is 16.0. The Morgan fingerprint density at radius 1 is 1.25 bits per heavy atom. The summed E-state index contributed by atoms with van der Waals surface area (Å²) in [4.78, 5) is 13.6. The van der Waals surface area contributed by atoms with Gasteiger partial charge in [0.25, 0.3) is 10.0 Å². The molecule has 0 aliphatic heterocycles. The predicted octanol–water partition coefficient (Wildman–Crippen LogP) is 3.11. The molecule has 0 atom stereocenters. The average molecular weight is 348 g/mol. The van der Waals surface area contributed by atoms with Crippen molar-refractivity contribution in [3.63, 3.8) is 0 Å². The lowest BCUT2D eigenvalue weighted by atomic mass is 10.1.